The Morgan fingerprint density at radius 3 is 2.75 bits per heavy atom. The quantitative estimate of drug-likeness (QED) is 0.849. The first-order chi connectivity index (χ1) is 9.58. The first-order valence-corrected chi connectivity index (χ1v) is 6.97. The van der Waals surface area contributed by atoms with E-state index in [4.69, 9.17) is 0 Å². The van der Waals surface area contributed by atoms with Gasteiger partial charge >= 0.3 is 5.97 Å². The lowest BCUT2D eigenvalue weighted by molar-refractivity contribution is 0.0698. The topological polar surface area (TPSA) is 75.3 Å². The SMILES string of the molecule is CCc1nc2cccc(C(=O)O)c2n1CCC(O)CC. The van der Waals surface area contributed by atoms with Gasteiger partial charge in [-0.25, -0.2) is 9.78 Å². The summed E-state index contributed by atoms with van der Waals surface area (Å²) >= 11 is 0. The highest BCUT2D eigenvalue weighted by Gasteiger charge is 2.17. The molecule has 2 N–H and O–H groups in total. The third kappa shape index (κ3) is 2.67. The highest BCUT2D eigenvalue weighted by Crippen LogP contribution is 2.22. The van der Waals surface area contributed by atoms with Crippen LogP contribution in [-0.4, -0.2) is 31.8 Å². The summed E-state index contributed by atoms with van der Waals surface area (Å²) in [7, 11) is 0. The molecule has 0 amide bonds. The van der Waals surface area contributed by atoms with E-state index in [1.807, 2.05) is 24.5 Å². The number of carbonyl (C=O) groups is 1. The fraction of sp³-hybridized carbons (Fsp3) is 0.467. The second-order valence-corrected chi connectivity index (χ2v) is 4.86. The van der Waals surface area contributed by atoms with Crippen LogP contribution in [0.3, 0.4) is 0 Å². The smallest absolute Gasteiger partial charge is 0.337 e. The van der Waals surface area contributed by atoms with Gasteiger partial charge < -0.3 is 14.8 Å². The molecule has 108 valence electrons. The number of aromatic nitrogens is 2. The van der Waals surface area contributed by atoms with Crippen molar-refractivity contribution >= 4 is 17.0 Å². The molecule has 20 heavy (non-hydrogen) atoms. The Kier molecular flexibility index (Phi) is 4.39. The Balaban J connectivity index is 2.51. The number of benzene rings is 1. The highest BCUT2D eigenvalue weighted by molar-refractivity contribution is 6.01. The minimum Gasteiger partial charge on any atom is -0.478 e. The third-order valence-corrected chi connectivity index (χ3v) is 3.55. The molecule has 5 nitrogen and oxygen atoms in total. The number of fused-ring (bicyclic) bond motifs is 1. The molecular weight excluding hydrogens is 256 g/mol. The van der Waals surface area contributed by atoms with E-state index in [1.54, 1.807) is 12.1 Å². The van der Waals surface area contributed by atoms with E-state index in [0.29, 0.717) is 30.4 Å². The molecule has 1 atom stereocenters. The molecule has 5 heteroatoms. The van der Waals surface area contributed by atoms with Crippen molar-refractivity contribution in [1.29, 1.82) is 0 Å². The first-order valence-electron chi connectivity index (χ1n) is 6.97. The molecule has 2 aromatic rings. The van der Waals surface area contributed by atoms with Crippen LogP contribution < -0.4 is 0 Å². The number of aromatic carboxylic acids is 1. The highest BCUT2D eigenvalue weighted by atomic mass is 16.4. The number of nitrogens with zero attached hydrogens (tertiary/aromatic N) is 2. The lowest BCUT2D eigenvalue weighted by atomic mass is 10.1. The van der Waals surface area contributed by atoms with Crippen LogP contribution >= 0.6 is 0 Å². The standard InChI is InChI=1S/C15H20N2O3/c1-3-10(18)8-9-17-13(4-2)16-12-7-5-6-11(14(12)17)15(19)20/h5-7,10,18H,3-4,8-9H2,1-2H3,(H,19,20). The van der Waals surface area contributed by atoms with Gasteiger partial charge in [-0.1, -0.05) is 19.9 Å². The maximum Gasteiger partial charge on any atom is 0.337 e. The molecule has 0 aliphatic rings. The molecule has 1 aromatic carbocycles. The molecule has 0 radical (unpaired) electrons. The Labute approximate surface area is 117 Å². The molecule has 1 aromatic heterocycles. The fourth-order valence-corrected chi connectivity index (χ4v) is 2.40. The van der Waals surface area contributed by atoms with Crippen LogP contribution in [0.4, 0.5) is 0 Å². The van der Waals surface area contributed by atoms with Crippen LogP contribution in [0.15, 0.2) is 18.2 Å². The number of imidazole rings is 1. The second-order valence-electron chi connectivity index (χ2n) is 4.86. The summed E-state index contributed by atoms with van der Waals surface area (Å²) in [5.41, 5.74) is 1.62. The summed E-state index contributed by atoms with van der Waals surface area (Å²) in [6.07, 6.45) is 1.66. The number of carboxylic acid groups (broad SMARTS) is 1. The van der Waals surface area contributed by atoms with Crippen LogP contribution in [0, 0.1) is 0 Å². The van der Waals surface area contributed by atoms with Crippen molar-refractivity contribution in [3.8, 4) is 0 Å². The lowest BCUT2D eigenvalue weighted by Gasteiger charge is -2.12. The number of hydrogen-bond acceptors (Lipinski definition) is 3. The van der Waals surface area contributed by atoms with Gasteiger partial charge in [0.2, 0.25) is 0 Å². The maximum atomic E-state index is 11.4. The lowest BCUT2D eigenvalue weighted by Crippen LogP contribution is -2.13. The molecule has 1 unspecified atom stereocenters. The minimum atomic E-state index is -0.949. The summed E-state index contributed by atoms with van der Waals surface area (Å²) in [6, 6.07) is 5.13. The summed E-state index contributed by atoms with van der Waals surface area (Å²) in [4.78, 5) is 15.9. The Bertz CT molecular complexity index is 619. The summed E-state index contributed by atoms with van der Waals surface area (Å²) in [5, 5.41) is 19.0. The Hall–Kier alpha value is -1.88. The van der Waals surface area contributed by atoms with Gasteiger partial charge in [0.15, 0.2) is 0 Å². The van der Waals surface area contributed by atoms with Crippen molar-refractivity contribution in [2.45, 2.75) is 45.8 Å². The van der Waals surface area contributed by atoms with Gasteiger partial charge in [0.25, 0.3) is 0 Å². The van der Waals surface area contributed by atoms with Gasteiger partial charge in [-0.15, -0.1) is 0 Å². The van der Waals surface area contributed by atoms with E-state index in [-0.39, 0.29) is 11.7 Å². The number of hydrogen-bond donors (Lipinski definition) is 2. The van der Waals surface area contributed by atoms with Crippen molar-refractivity contribution in [3.63, 3.8) is 0 Å². The zero-order valence-electron chi connectivity index (χ0n) is 11.8. The van der Waals surface area contributed by atoms with Crippen molar-refractivity contribution < 1.29 is 15.0 Å². The second kappa shape index (κ2) is 6.05. The van der Waals surface area contributed by atoms with Gasteiger partial charge in [-0.05, 0) is 25.0 Å². The molecule has 0 fully saturated rings. The van der Waals surface area contributed by atoms with Crippen LogP contribution in [0.1, 0.15) is 42.9 Å². The summed E-state index contributed by atoms with van der Waals surface area (Å²) < 4.78 is 1.93. The van der Waals surface area contributed by atoms with Crippen molar-refractivity contribution in [2.75, 3.05) is 0 Å². The van der Waals surface area contributed by atoms with Gasteiger partial charge in [-0.2, -0.15) is 0 Å². The number of aryl methyl sites for hydroxylation is 2. The largest absolute Gasteiger partial charge is 0.478 e. The van der Waals surface area contributed by atoms with E-state index in [1.165, 1.54) is 0 Å². The number of aliphatic hydroxyl groups is 1. The number of aliphatic hydroxyl groups excluding tert-OH is 1. The molecule has 0 aliphatic heterocycles. The minimum absolute atomic E-state index is 0.265. The van der Waals surface area contributed by atoms with Crippen molar-refractivity contribution in [2.24, 2.45) is 0 Å². The predicted octanol–water partition coefficient (Wildman–Crippen LogP) is 2.46. The number of carboxylic acids is 1. The van der Waals surface area contributed by atoms with Crippen LogP contribution in [0.2, 0.25) is 0 Å². The maximum absolute atomic E-state index is 11.4. The average Bonchev–Trinajstić information content (AvgIpc) is 2.82. The molecule has 0 aliphatic carbocycles. The fourth-order valence-electron chi connectivity index (χ4n) is 2.40. The Morgan fingerprint density at radius 1 is 1.40 bits per heavy atom. The molecule has 2 rings (SSSR count). The van der Waals surface area contributed by atoms with E-state index in [9.17, 15) is 15.0 Å². The van der Waals surface area contributed by atoms with Crippen LogP contribution in [0.25, 0.3) is 11.0 Å². The van der Waals surface area contributed by atoms with E-state index < -0.39 is 5.97 Å². The molecule has 0 saturated carbocycles. The van der Waals surface area contributed by atoms with E-state index in [0.717, 1.165) is 12.2 Å². The average molecular weight is 276 g/mol. The van der Waals surface area contributed by atoms with Gasteiger partial charge in [0, 0.05) is 13.0 Å². The van der Waals surface area contributed by atoms with Gasteiger partial charge in [0.05, 0.1) is 22.7 Å². The zero-order valence-corrected chi connectivity index (χ0v) is 11.8. The van der Waals surface area contributed by atoms with Crippen molar-refractivity contribution in [1.82, 2.24) is 9.55 Å². The monoisotopic (exact) mass is 276 g/mol. The number of para-hydroxylation sites is 1. The number of rotatable bonds is 6. The first kappa shape index (κ1) is 14.5. The van der Waals surface area contributed by atoms with E-state index >= 15 is 0 Å². The van der Waals surface area contributed by atoms with Crippen molar-refractivity contribution in [3.05, 3.63) is 29.6 Å². The van der Waals surface area contributed by atoms with Gasteiger partial charge in [-0.3, -0.25) is 0 Å². The molecule has 0 spiro atoms. The summed E-state index contributed by atoms with van der Waals surface area (Å²) in [6.45, 7) is 4.51. The molecule has 0 saturated heterocycles. The van der Waals surface area contributed by atoms with Gasteiger partial charge in [0.1, 0.15) is 5.82 Å². The van der Waals surface area contributed by atoms with E-state index in [2.05, 4.69) is 4.98 Å². The molecule has 0 bridgehead atoms. The third-order valence-electron chi connectivity index (χ3n) is 3.55. The molecule has 1 heterocycles. The predicted molar refractivity (Wildman–Crippen MR) is 77.0 cm³/mol. The Morgan fingerprint density at radius 2 is 2.15 bits per heavy atom. The van der Waals surface area contributed by atoms with Crippen LogP contribution in [0.5, 0.6) is 0 Å². The van der Waals surface area contributed by atoms with Crippen LogP contribution in [-0.2, 0) is 13.0 Å². The normalized spacial score (nSPS) is 12.8. The summed E-state index contributed by atoms with van der Waals surface area (Å²) in [5.74, 6) is -0.0903. The molecular formula is C15H20N2O3. The zero-order chi connectivity index (χ0) is 14.7.